The SMILES string of the molecule is CC1CCN(C(CNC(=O)C(C)(C)C)c2cccs2)CC1. The fourth-order valence-electron chi connectivity index (χ4n) is 2.69. The Morgan fingerprint density at radius 2 is 2.10 bits per heavy atom. The van der Waals surface area contributed by atoms with Crippen LogP contribution < -0.4 is 5.32 Å². The molecule has 0 radical (unpaired) electrons. The van der Waals surface area contributed by atoms with Gasteiger partial charge in [0.2, 0.25) is 5.91 Å². The van der Waals surface area contributed by atoms with Gasteiger partial charge in [0, 0.05) is 16.8 Å². The van der Waals surface area contributed by atoms with Crippen molar-refractivity contribution in [2.45, 2.75) is 46.6 Å². The molecule has 2 heterocycles. The molecule has 2 rings (SSSR count). The van der Waals surface area contributed by atoms with E-state index in [2.05, 4.69) is 34.7 Å². The molecule has 1 amide bonds. The fourth-order valence-corrected chi connectivity index (χ4v) is 3.55. The predicted octanol–water partition coefficient (Wildman–Crippen LogP) is 3.68. The third kappa shape index (κ3) is 4.55. The van der Waals surface area contributed by atoms with E-state index in [4.69, 9.17) is 0 Å². The molecule has 1 unspecified atom stereocenters. The van der Waals surface area contributed by atoms with Crippen LogP contribution in [0.1, 0.15) is 51.5 Å². The van der Waals surface area contributed by atoms with Crippen molar-refractivity contribution in [1.29, 1.82) is 0 Å². The first-order valence-electron chi connectivity index (χ1n) is 7.93. The van der Waals surface area contributed by atoms with Gasteiger partial charge in [-0.15, -0.1) is 11.3 Å². The third-order valence-electron chi connectivity index (χ3n) is 4.27. The molecule has 1 saturated heterocycles. The first-order chi connectivity index (χ1) is 9.88. The highest BCUT2D eigenvalue weighted by Gasteiger charge is 2.27. The van der Waals surface area contributed by atoms with Crippen LogP contribution in [0.5, 0.6) is 0 Å². The van der Waals surface area contributed by atoms with Crippen molar-refractivity contribution in [3.63, 3.8) is 0 Å². The Morgan fingerprint density at radius 1 is 1.43 bits per heavy atom. The van der Waals surface area contributed by atoms with Crippen molar-refractivity contribution in [1.82, 2.24) is 10.2 Å². The molecule has 1 aromatic rings. The van der Waals surface area contributed by atoms with Crippen LogP contribution in [0.25, 0.3) is 0 Å². The zero-order chi connectivity index (χ0) is 15.5. The van der Waals surface area contributed by atoms with Crippen molar-refractivity contribution in [3.05, 3.63) is 22.4 Å². The van der Waals surface area contributed by atoms with Gasteiger partial charge >= 0.3 is 0 Å². The minimum Gasteiger partial charge on any atom is -0.354 e. The van der Waals surface area contributed by atoms with Gasteiger partial charge in [-0.1, -0.05) is 33.8 Å². The van der Waals surface area contributed by atoms with E-state index in [-0.39, 0.29) is 11.3 Å². The standard InChI is InChI=1S/C17H28N2OS/c1-13-7-9-19(10-8-13)14(15-6-5-11-21-15)12-18-16(20)17(2,3)4/h5-6,11,13-14H,7-10,12H2,1-4H3,(H,18,20). The number of thiophene rings is 1. The van der Waals surface area contributed by atoms with Crippen LogP contribution in [0.2, 0.25) is 0 Å². The summed E-state index contributed by atoms with van der Waals surface area (Å²) < 4.78 is 0. The summed E-state index contributed by atoms with van der Waals surface area (Å²) in [6.07, 6.45) is 2.52. The maximum absolute atomic E-state index is 12.1. The normalized spacial score (nSPS) is 19.4. The fraction of sp³-hybridized carbons (Fsp3) is 0.706. The van der Waals surface area contributed by atoms with Crippen molar-refractivity contribution in [2.24, 2.45) is 11.3 Å². The summed E-state index contributed by atoms with van der Waals surface area (Å²) in [5.41, 5.74) is -0.323. The van der Waals surface area contributed by atoms with Gasteiger partial charge in [0.05, 0.1) is 6.04 Å². The quantitative estimate of drug-likeness (QED) is 0.920. The van der Waals surface area contributed by atoms with E-state index in [1.54, 1.807) is 11.3 Å². The lowest BCUT2D eigenvalue weighted by Crippen LogP contribution is -2.44. The molecule has 1 aromatic heterocycles. The first kappa shape index (κ1) is 16.5. The van der Waals surface area contributed by atoms with Gasteiger partial charge in [-0.05, 0) is 43.3 Å². The van der Waals surface area contributed by atoms with E-state index in [9.17, 15) is 4.79 Å². The molecule has 1 atom stereocenters. The Bertz CT molecular complexity index is 442. The van der Waals surface area contributed by atoms with Crippen molar-refractivity contribution in [3.8, 4) is 0 Å². The summed E-state index contributed by atoms with van der Waals surface area (Å²) in [5, 5.41) is 5.27. The highest BCUT2D eigenvalue weighted by molar-refractivity contribution is 7.10. The van der Waals surface area contributed by atoms with Crippen molar-refractivity contribution in [2.75, 3.05) is 19.6 Å². The second-order valence-electron chi connectivity index (χ2n) is 7.21. The molecule has 0 saturated carbocycles. The molecule has 118 valence electrons. The number of amides is 1. The summed E-state index contributed by atoms with van der Waals surface area (Å²) >= 11 is 1.79. The molecular formula is C17H28N2OS. The number of rotatable bonds is 4. The molecule has 1 aliphatic rings. The van der Waals surface area contributed by atoms with Gasteiger partial charge in [0.15, 0.2) is 0 Å². The van der Waals surface area contributed by atoms with Crippen LogP contribution >= 0.6 is 11.3 Å². The molecule has 1 N–H and O–H groups in total. The lowest BCUT2D eigenvalue weighted by Gasteiger charge is -2.36. The van der Waals surface area contributed by atoms with Crippen molar-refractivity contribution >= 4 is 17.2 Å². The molecular weight excluding hydrogens is 280 g/mol. The van der Waals surface area contributed by atoms with E-state index in [1.807, 2.05) is 20.8 Å². The summed E-state index contributed by atoms with van der Waals surface area (Å²) in [4.78, 5) is 16.0. The van der Waals surface area contributed by atoms with Gasteiger partial charge in [-0.25, -0.2) is 0 Å². The zero-order valence-electron chi connectivity index (χ0n) is 13.7. The molecule has 4 heteroatoms. The van der Waals surface area contributed by atoms with E-state index in [0.29, 0.717) is 12.6 Å². The molecule has 1 fully saturated rings. The lowest BCUT2D eigenvalue weighted by molar-refractivity contribution is -0.128. The van der Waals surface area contributed by atoms with Gasteiger partial charge in [-0.2, -0.15) is 0 Å². The molecule has 21 heavy (non-hydrogen) atoms. The van der Waals surface area contributed by atoms with E-state index in [0.717, 1.165) is 19.0 Å². The maximum atomic E-state index is 12.1. The summed E-state index contributed by atoms with van der Waals surface area (Å²) in [5.74, 6) is 0.962. The number of piperidine rings is 1. The Balaban J connectivity index is 2.02. The Morgan fingerprint density at radius 3 is 2.62 bits per heavy atom. The highest BCUT2D eigenvalue weighted by Crippen LogP contribution is 2.29. The Kier molecular flexibility index (Phi) is 5.44. The van der Waals surface area contributed by atoms with E-state index in [1.165, 1.54) is 17.7 Å². The molecule has 1 aliphatic heterocycles. The number of carbonyl (C=O) groups is 1. The second kappa shape index (κ2) is 6.93. The molecule has 0 aromatic carbocycles. The van der Waals surface area contributed by atoms with Gasteiger partial charge < -0.3 is 5.32 Å². The van der Waals surface area contributed by atoms with E-state index >= 15 is 0 Å². The Labute approximate surface area is 132 Å². The minimum atomic E-state index is -0.323. The maximum Gasteiger partial charge on any atom is 0.225 e. The second-order valence-corrected chi connectivity index (χ2v) is 8.19. The average molecular weight is 308 g/mol. The van der Waals surface area contributed by atoms with Gasteiger partial charge in [0.1, 0.15) is 0 Å². The average Bonchev–Trinajstić information content (AvgIpc) is 2.93. The monoisotopic (exact) mass is 308 g/mol. The molecule has 0 bridgehead atoms. The van der Waals surface area contributed by atoms with Crippen LogP contribution in [0.4, 0.5) is 0 Å². The smallest absolute Gasteiger partial charge is 0.225 e. The number of likely N-dealkylation sites (tertiary alicyclic amines) is 1. The number of hydrogen-bond acceptors (Lipinski definition) is 3. The van der Waals surface area contributed by atoms with Crippen LogP contribution in [-0.2, 0) is 4.79 Å². The van der Waals surface area contributed by atoms with Crippen LogP contribution in [-0.4, -0.2) is 30.4 Å². The van der Waals surface area contributed by atoms with Gasteiger partial charge in [-0.3, -0.25) is 9.69 Å². The first-order valence-corrected chi connectivity index (χ1v) is 8.81. The van der Waals surface area contributed by atoms with E-state index < -0.39 is 0 Å². The number of hydrogen-bond donors (Lipinski definition) is 1. The summed E-state index contributed by atoms with van der Waals surface area (Å²) in [7, 11) is 0. The minimum absolute atomic E-state index is 0.134. The Hall–Kier alpha value is -0.870. The highest BCUT2D eigenvalue weighted by atomic mass is 32.1. The van der Waals surface area contributed by atoms with Gasteiger partial charge in [0.25, 0.3) is 0 Å². The molecule has 0 aliphatic carbocycles. The molecule has 3 nitrogen and oxygen atoms in total. The largest absolute Gasteiger partial charge is 0.354 e. The van der Waals surface area contributed by atoms with Crippen molar-refractivity contribution < 1.29 is 4.79 Å². The topological polar surface area (TPSA) is 32.3 Å². The lowest BCUT2D eigenvalue weighted by atomic mass is 9.95. The third-order valence-corrected chi connectivity index (χ3v) is 5.24. The number of nitrogens with zero attached hydrogens (tertiary/aromatic N) is 1. The zero-order valence-corrected chi connectivity index (χ0v) is 14.5. The predicted molar refractivity (Wildman–Crippen MR) is 89.5 cm³/mol. The molecule has 0 spiro atoms. The van der Waals surface area contributed by atoms with Crippen LogP contribution in [0.15, 0.2) is 17.5 Å². The van der Waals surface area contributed by atoms with Crippen LogP contribution in [0, 0.1) is 11.3 Å². The number of nitrogens with one attached hydrogen (secondary N) is 1. The van der Waals surface area contributed by atoms with Crippen LogP contribution in [0.3, 0.4) is 0 Å². The summed E-state index contributed by atoms with van der Waals surface area (Å²) in [6.45, 7) is 11.2. The number of carbonyl (C=O) groups excluding carboxylic acids is 1. The summed E-state index contributed by atoms with van der Waals surface area (Å²) in [6, 6.07) is 4.62.